The van der Waals surface area contributed by atoms with Gasteiger partial charge < -0.3 is 15.1 Å². The van der Waals surface area contributed by atoms with Gasteiger partial charge in [-0.3, -0.25) is 9.59 Å². The number of likely N-dealkylation sites (N-methyl/N-ethyl adjacent to an activating group) is 1. The molecule has 0 aliphatic carbocycles. The Hall–Kier alpha value is -1.10. The molecule has 0 bridgehead atoms. The number of nitrogens with one attached hydrogen (secondary N) is 1. The Labute approximate surface area is 102 Å². The van der Waals surface area contributed by atoms with Gasteiger partial charge in [0.1, 0.15) is 0 Å². The summed E-state index contributed by atoms with van der Waals surface area (Å²) in [5.74, 6) is 0.678. The molecule has 2 heterocycles. The number of hydrogen-bond acceptors (Lipinski definition) is 3. The molecule has 2 atom stereocenters. The molecule has 2 amide bonds. The van der Waals surface area contributed by atoms with Gasteiger partial charge in [-0.2, -0.15) is 0 Å². The Kier molecular flexibility index (Phi) is 3.66. The van der Waals surface area contributed by atoms with Crippen molar-refractivity contribution in [3.8, 4) is 0 Å². The molecule has 0 spiro atoms. The summed E-state index contributed by atoms with van der Waals surface area (Å²) >= 11 is 0. The number of hydrogen-bond donors (Lipinski definition) is 1. The van der Waals surface area contributed by atoms with Gasteiger partial charge >= 0.3 is 0 Å². The molecule has 2 unspecified atom stereocenters. The van der Waals surface area contributed by atoms with Crippen molar-refractivity contribution in [1.82, 2.24) is 15.1 Å². The predicted molar refractivity (Wildman–Crippen MR) is 64.4 cm³/mol. The fraction of sp³-hybridized carbons (Fsp3) is 0.833. The van der Waals surface area contributed by atoms with Crippen LogP contribution in [0.3, 0.4) is 0 Å². The lowest BCUT2D eigenvalue weighted by Crippen LogP contribution is -2.57. The van der Waals surface area contributed by atoms with E-state index in [2.05, 4.69) is 5.32 Å². The average Bonchev–Trinajstić information content (AvgIpc) is 2.32. The summed E-state index contributed by atoms with van der Waals surface area (Å²) in [7, 11) is 3.47. The van der Waals surface area contributed by atoms with E-state index in [0.29, 0.717) is 12.3 Å². The molecule has 0 aromatic carbocycles. The zero-order valence-corrected chi connectivity index (χ0v) is 10.6. The van der Waals surface area contributed by atoms with E-state index in [1.807, 2.05) is 0 Å². The van der Waals surface area contributed by atoms with Gasteiger partial charge in [-0.05, 0) is 31.8 Å². The second-order valence-electron chi connectivity index (χ2n) is 5.17. The largest absolute Gasteiger partial charge is 0.347 e. The summed E-state index contributed by atoms with van der Waals surface area (Å²) in [4.78, 5) is 27.0. The maximum absolute atomic E-state index is 11.9. The predicted octanol–water partition coefficient (Wildman–Crippen LogP) is -0.325. The van der Waals surface area contributed by atoms with E-state index >= 15 is 0 Å². The molecule has 2 saturated heterocycles. The third-order valence-corrected chi connectivity index (χ3v) is 3.82. The second-order valence-corrected chi connectivity index (χ2v) is 5.17. The number of amides is 2. The van der Waals surface area contributed by atoms with Gasteiger partial charge in [-0.1, -0.05) is 0 Å². The van der Waals surface area contributed by atoms with Gasteiger partial charge in [0.2, 0.25) is 11.8 Å². The first-order valence-electron chi connectivity index (χ1n) is 6.30. The molecule has 2 aliphatic rings. The highest BCUT2D eigenvalue weighted by Gasteiger charge is 2.37. The lowest BCUT2D eigenvalue weighted by Gasteiger charge is -2.44. The third kappa shape index (κ3) is 2.60. The zero-order chi connectivity index (χ0) is 12.4. The van der Waals surface area contributed by atoms with Crippen molar-refractivity contribution >= 4 is 11.8 Å². The number of fused-ring (bicyclic) bond motifs is 1. The van der Waals surface area contributed by atoms with Gasteiger partial charge in [-0.25, -0.2) is 0 Å². The molecule has 2 fully saturated rings. The highest BCUT2D eigenvalue weighted by atomic mass is 16.2. The van der Waals surface area contributed by atoms with Crippen molar-refractivity contribution in [2.45, 2.75) is 25.3 Å². The molecule has 0 radical (unpaired) electrons. The Balaban J connectivity index is 2.05. The third-order valence-electron chi connectivity index (χ3n) is 3.82. The van der Waals surface area contributed by atoms with Crippen LogP contribution in [0.1, 0.15) is 19.3 Å². The van der Waals surface area contributed by atoms with Crippen molar-refractivity contribution in [2.24, 2.45) is 5.92 Å². The summed E-state index contributed by atoms with van der Waals surface area (Å²) in [5, 5.41) is 3.36. The minimum absolute atomic E-state index is 0.0116. The van der Waals surface area contributed by atoms with E-state index in [-0.39, 0.29) is 24.4 Å². The summed E-state index contributed by atoms with van der Waals surface area (Å²) in [6.45, 7) is 2.17. The van der Waals surface area contributed by atoms with Crippen molar-refractivity contribution in [3.05, 3.63) is 0 Å². The van der Waals surface area contributed by atoms with Crippen LogP contribution in [-0.4, -0.2) is 61.4 Å². The van der Waals surface area contributed by atoms with Crippen LogP contribution in [0.5, 0.6) is 0 Å². The molecule has 5 heteroatoms. The summed E-state index contributed by atoms with van der Waals surface area (Å²) in [6.07, 6.45) is 2.52. The molecule has 2 aliphatic heterocycles. The number of nitrogens with zero attached hydrogens (tertiary/aromatic N) is 2. The van der Waals surface area contributed by atoms with Crippen LogP contribution < -0.4 is 5.32 Å². The van der Waals surface area contributed by atoms with Crippen LogP contribution >= 0.6 is 0 Å². The van der Waals surface area contributed by atoms with E-state index < -0.39 is 0 Å². The number of rotatable bonds is 2. The first kappa shape index (κ1) is 12.4. The minimum atomic E-state index is 0.0116. The monoisotopic (exact) mass is 239 g/mol. The quantitative estimate of drug-likeness (QED) is 0.718. The SMILES string of the molecule is CN(C)C(=O)CN1C(=O)CCC2CNCCC21. The van der Waals surface area contributed by atoms with Gasteiger partial charge in [0.25, 0.3) is 0 Å². The van der Waals surface area contributed by atoms with Gasteiger partial charge in [0, 0.05) is 26.6 Å². The number of likely N-dealkylation sites (tertiary alicyclic amines) is 1. The summed E-state index contributed by atoms with van der Waals surface area (Å²) in [5.41, 5.74) is 0. The number of piperidine rings is 2. The zero-order valence-electron chi connectivity index (χ0n) is 10.6. The number of carbonyl (C=O) groups is 2. The van der Waals surface area contributed by atoms with Crippen LogP contribution in [0.2, 0.25) is 0 Å². The van der Waals surface area contributed by atoms with Crippen LogP contribution in [0.15, 0.2) is 0 Å². The Morgan fingerprint density at radius 1 is 1.47 bits per heavy atom. The van der Waals surface area contributed by atoms with E-state index in [1.54, 1.807) is 23.9 Å². The van der Waals surface area contributed by atoms with Crippen LogP contribution in [0.25, 0.3) is 0 Å². The molecular formula is C12H21N3O2. The van der Waals surface area contributed by atoms with Crippen molar-refractivity contribution in [2.75, 3.05) is 33.7 Å². The standard InChI is InChI=1S/C12H21N3O2/c1-14(2)12(17)8-15-10-5-6-13-7-9(10)3-4-11(15)16/h9-10,13H,3-8H2,1-2H3. The van der Waals surface area contributed by atoms with Crippen LogP contribution in [0.4, 0.5) is 0 Å². The Bertz CT molecular complexity index is 317. The van der Waals surface area contributed by atoms with Gasteiger partial charge in [0.05, 0.1) is 6.54 Å². The fourth-order valence-electron chi connectivity index (χ4n) is 2.74. The Morgan fingerprint density at radius 3 is 2.94 bits per heavy atom. The molecular weight excluding hydrogens is 218 g/mol. The maximum atomic E-state index is 11.9. The highest BCUT2D eigenvalue weighted by Crippen LogP contribution is 2.28. The van der Waals surface area contributed by atoms with E-state index in [9.17, 15) is 9.59 Å². The first-order valence-corrected chi connectivity index (χ1v) is 6.30. The molecule has 1 N–H and O–H groups in total. The first-order chi connectivity index (χ1) is 8.09. The summed E-state index contributed by atoms with van der Waals surface area (Å²) < 4.78 is 0. The minimum Gasteiger partial charge on any atom is -0.347 e. The van der Waals surface area contributed by atoms with E-state index in [4.69, 9.17) is 0 Å². The van der Waals surface area contributed by atoms with E-state index in [0.717, 1.165) is 25.9 Å². The highest BCUT2D eigenvalue weighted by molar-refractivity contribution is 5.85. The smallest absolute Gasteiger partial charge is 0.241 e. The summed E-state index contributed by atoms with van der Waals surface area (Å²) in [6, 6.07) is 0.265. The molecule has 17 heavy (non-hydrogen) atoms. The van der Waals surface area contributed by atoms with Crippen LogP contribution in [0, 0.1) is 5.92 Å². The van der Waals surface area contributed by atoms with Gasteiger partial charge in [-0.15, -0.1) is 0 Å². The van der Waals surface area contributed by atoms with Gasteiger partial charge in [0.15, 0.2) is 0 Å². The molecule has 0 aromatic rings. The lowest BCUT2D eigenvalue weighted by atomic mass is 9.84. The average molecular weight is 239 g/mol. The number of carbonyl (C=O) groups excluding carboxylic acids is 2. The van der Waals surface area contributed by atoms with Crippen molar-refractivity contribution in [3.63, 3.8) is 0 Å². The van der Waals surface area contributed by atoms with E-state index in [1.165, 1.54) is 0 Å². The fourth-order valence-corrected chi connectivity index (χ4v) is 2.74. The van der Waals surface area contributed by atoms with Crippen LogP contribution in [-0.2, 0) is 9.59 Å². The molecule has 5 nitrogen and oxygen atoms in total. The normalized spacial score (nSPS) is 28.8. The maximum Gasteiger partial charge on any atom is 0.241 e. The molecule has 0 aromatic heterocycles. The lowest BCUT2D eigenvalue weighted by molar-refractivity contribution is -0.146. The molecule has 0 saturated carbocycles. The molecule has 2 rings (SSSR count). The Morgan fingerprint density at radius 2 is 2.24 bits per heavy atom. The van der Waals surface area contributed by atoms with Crippen molar-refractivity contribution in [1.29, 1.82) is 0 Å². The topological polar surface area (TPSA) is 52.7 Å². The second kappa shape index (κ2) is 5.04. The molecule has 96 valence electrons. The van der Waals surface area contributed by atoms with Crippen molar-refractivity contribution < 1.29 is 9.59 Å².